The number of rotatable bonds is 4. The van der Waals surface area contributed by atoms with Gasteiger partial charge in [-0.05, 0) is 51.1 Å². The second-order valence-corrected chi connectivity index (χ2v) is 7.85. The molecule has 3 aliphatic rings. The quantitative estimate of drug-likeness (QED) is 0.234. The van der Waals surface area contributed by atoms with Gasteiger partial charge >= 0.3 is 6.03 Å². The maximum atomic E-state index is 12.1. The largest absolute Gasteiger partial charge is 0.356 e. The van der Waals surface area contributed by atoms with Crippen molar-refractivity contribution in [1.29, 1.82) is 0 Å². The van der Waals surface area contributed by atoms with Crippen molar-refractivity contribution >= 4 is 41.9 Å². The Balaban J connectivity index is 0.00000261. The fraction of sp³-hybridized carbons (Fsp3) is 0.833. The summed E-state index contributed by atoms with van der Waals surface area (Å²) >= 11 is 0. The van der Waals surface area contributed by atoms with Crippen molar-refractivity contribution in [2.24, 2.45) is 16.8 Å². The third-order valence-corrected chi connectivity index (χ3v) is 6.26. The van der Waals surface area contributed by atoms with E-state index >= 15 is 0 Å². The molecule has 3 amide bonds. The second-order valence-electron chi connectivity index (χ2n) is 7.85. The van der Waals surface area contributed by atoms with E-state index in [0.29, 0.717) is 5.92 Å². The first-order valence-corrected chi connectivity index (χ1v) is 9.77. The number of urea groups is 1. The summed E-state index contributed by atoms with van der Waals surface area (Å²) in [5.41, 5.74) is -0.784. The maximum Gasteiger partial charge on any atom is 0.322 e. The highest BCUT2D eigenvalue weighted by Crippen LogP contribution is 2.30. The van der Waals surface area contributed by atoms with Crippen LogP contribution >= 0.6 is 24.0 Å². The topological polar surface area (TPSA) is 89.1 Å². The lowest BCUT2D eigenvalue weighted by atomic mass is 9.79. The molecule has 3 aliphatic heterocycles. The Labute approximate surface area is 178 Å². The predicted molar refractivity (Wildman–Crippen MR) is 116 cm³/mol. The van der Waals surface area contributed by atoms with Crippen LogP contribution in [0.4, 0.5) is 4.79 Å². The highest BCUT2D eigenvalue weighted by molar-refractivity contribution is 14.0. The zero-order valence-electron chi connectivity index (χ0n) is 16.6. The van der Waals surface area contributed by atoms with E-state index in [0.717, 1.165) is 51.5 Å². The molecule has 3 saturated heterocycles. The van der Waals surface area contributed by atoms with E-state index in [9.17, 15) is 9.59 Å². The van der Waals surface area contributed by atoms with Crippen molar-refractivity contribution < 1.29 is 9.59 Å². The van der Waals surface area contributed by atoms with Gasteiger partial charge in [-0.3, -0.25) is 15.1 Å². The van der Waals surface area contributed by atoms with Gasteiger partial charge in [-0.2, -0.15) is 0 Å². The number of halogens is 1. The minimum atomic E-state index is -0.784. The van der Waals surface area contributed by atoms with Crippen molar-refractivity contribution in [2.45, 2.75) is 38.6 Å². The fourth-order valence-corrected chi connectivity index (χ4v) is 4.45. The summed E-state index contributed by atoms with van der Waals surface area (Å²) in [7, 11) is 1.83. The zero-order valence-corrected chi connectivity index (χ0v) is 18.9. The van der Waals surface area contributed by atoms with E-state index in [-0.39, 0.29) is 41.8 Å². The van der Waals surface area contributed by atoms with Crippen molar-refractivity contribution in [3.05, 3.63) is 0 Å². The number of nitrogens with one attached hydrogen (secondary N) is 3. The van der Waals surface area contributed by atoms with E-state index in [1.807, 2.05) is 14.0 Å². The first-order valence-electron chi connectivity index (χ1n) is 9.77. The van der Waals surface area contributed by atoms with Crippen LogP contribution in [0.1, 0.15) is 33.1 Å². The molecule has 154 valence electrons. The van der Waals surface area contributed by atoms with Crippen LogP contribution in [0.25, 0.3) is 0 Å². The van der Waals surface area contributed by atoms with Gasteiger partial charge in [0.15, 0.2) is 5.96 Å². The lowest BCUT2D eigenvalue weighted by molar-refractivity contribution is -0.125. The molecule has 0 aromatic carbocycles. The molecule has 0 aromatic heterocycles. The first-order chi connectivity index (χ1) is 12.5. The van der Waals surface area contributed by atoms with Gasteiger partial charge in [-0.1, -0.05) is 6.92 Å². The molecule has 3 N–H and O–H groups in total. The average molecular weight is 492 g/mol. The second kappa shape index (κ2) is 9.40. The fourth-order valence-electron chi connectivity index (χ4n) is 4.45. The highest BCUT2D eigenvalue weighted by Gasteiger charge is 2.48. The van der Waals surface area contributed by atoms with Crippen LogP contribution in [-0.2, 0) is 4.79 Å². The molecule has 9 heteroatoms. The lowest BCUT2D eigenvalue weighted by Gasteiger charge is -2.39. The molecule has 8 nitrogen and oxygen atoms in total. The van der Waals surface area contributed by atoms with Crippen LogP contribution in [0.5, 0.6) is 0 Å². The summed E-state index contributed by atoms with van der Waals surface area (Å²) in [6.07, 6.45) is 2.96. The SMILES string of the molecule is CCN1CCC(CNC(=NC)N2CCC(C3(C)NC(=O)NC3=O)CC2)C1.I. The van der Waals surface area contributed by atoms with Crippen molar-refractivity contribution in [3.63, 3.8) is 0 Å². The molecule has 27 heavy (non-hydrogen) atoms. The van der Waals surface area contributed by atoms with Crippen LogP contribution in [0, 0.1) is 11.8 Å². The molecule has 2 atom stereocenters. The molecule has 0 aliphatic carbocycles. The number of likely N-dealkylation sites (tertiary alicyclic amines) is 2. The third-order valence-electron chi connectivity index (χ3n) is 6.26. The van der Waals surface area contributed by atoms with Gasteiger partial charge in [0.05, 0.1) is 0 Å². The Kier molecular flexibility index (Phi) is 7.73. The molecular formula is C18H33IN6O2. The molecule has 0 radical (unpaired) electrons. The van der Waals surface area contributed by atoms with Crippen LogP contribution in [-0.4, -0.2) is 79.6 Å². The number of hydrogen-bond donors (Lipinski definition) is 3. The monoisotopic (exact) mass is 492 g/mol. The number of hydrogen-bond acceptors (Lipinski definition) is 4. The molecule has 0 aromatic rings. The molecule has 0 spiro atoms. The van der Waals surface area contributed by atoms with E-state index < -0.39 is 5.54 Å². The first kappa shape index (κ1) is 22.2. The van der Waals surface area contributed by atoms with E-state index in [1.54, 1.807) is 0 Å². The highest BCUT2D eigenvalue weighted by atomic mass is 127. The van der Waals surface area contributed by atoms with Crippen molar-refractivity contribution in [1.82, 2.24) is 25.8 Å². The lowest BCUT2D eigenvalue weighted by Crippen LogP contribution is -2.55. The number of carbonyl (C=O) groups excluding carboxylic acids is 2. The molecule has 3 heterocycles. The summed E-state index contributed by atoms with van der Waals surface area (Å²) in [4.78, 5) is 32.8. The summed E-state index contributed by atoms with van der Waals surface area (Å²) < 4.78 is 0. The van der Waals surface area contributed by atoms with Crippen LogP contribution < -0.4 is 16.0 Å². The van der Waals surface area contributed by atoms with Gasteiger partial charge in [0.1, 0.15) is 5.54 Å². The average Bonchev–Trinajstić information content (AvgIpc) is 3.20. The van der Waals surface area contributed by atoms with Gasteiger partial charge < -0.3 is 20.4 Å². The van der Waals surface area contributed by atoms with E-state index in [2.05, 4.69) is 37.7 Å². The van der Waals surface area contributed by atoms with E-state index in [4.69, 9.17) is 0 Å². The van der Waals surface area contributed by atoms with Crippen LogP contribution in [0.2, 0.25) is 0 Å². The van der Waals surface area contributed by atoms with E-state index in [1.165, 1.54) is 13.0 Å². The number of guanidine groups is 1. The molecule has 2 unspecified atom stereocenters. The number of amides is 3. The zero-order chi connectivity index (χ0) is 18.7. The molecule has 0 saturated carbocycles. The van der Waals surface area contributed by atoms with Gasteiger partial charge in [0.2, 0.25) is 0 Å². The maximum absolute atomic E-state index is 12.1. The Morgan fingerprint density at radius 1 is 1.26 bits per heavy atom. The summed E-state index contributed by atoms with van der Waals surface area (Å²) in [5, 5.41) is 8.71. The summed E-state index contributed by atoms with van der Waals surface area (Å²) in [5.74, 6) is 1.57. The molecule has 3 fully saturated rings. The van der Waals surface area contributed by atoms with Gasteiger partial charge in [-0.25, -0.2) is 4.79 Å². The van der Waals surface area contributed by atoms with Crippen molar-refractivity contribution in [3.8, 4) is 0 Å². The van der Waals surface area contributed by atoms with Crippen molar-refractivity contribution in [2.75, 3.05) is 46.3 Å². The number of nitrogens with zero attached hydrogens (tertiary/aromatic N) is 3. The Morgan fingerprint density at radius 2 is 1.96 bits per heavy atom. The Morgan fingerprint density at radius 3 is 2.48 bits per heavy atom. The molecular weight excluding hydrogens is 459 g/mol. The number of aliphatic imine (C=N–C) groups is 1. The Hall–Kier alpha value is -1.10. The summed E-state index contributed by atoms with van der Waals surface area (Å²) in [6.45, 7) is 10.2. The van der Waals surface area contributed by atoms with Gasteiger partial charge in [0.25, 0.3) is 5.91 Å². The summed E-state index contributed by atoms with van der Waals surface area (Å²) in [6, 6.07) is -0.380. The van der Waals surface area contributed by atoms with Gasteiger partial charge in [-0.15, -0.1) is 24.0 Å². The van der Waals surface area contributed by atoms with Crippen LogP contribution in [0.3, 0.4) is 0 Å². The smallest absolute Gasteiger partial charge is 0.322 e. The minimum absolute atomic E-state index is 0. The number of imide groups is 1. The molecule has 0 bridgehead atoms. The molecule has 3 rings (SSSR count). The predicted octanol–water partition coefficient (Wildman–Crippen LogP) is 0.832. The number of piperidine rings is 1. The minimum Gasteiger partial charge on any atom is -0.356 e. The third kappa shape index (κ3) is 4.85. The number of carbonyl (C=O) groups is 2. The van der Waals surface area contributed by atoms with Crippen LogP contribution in [0.15, 0.2) is 4.99 Å². The van der Waals surface area contributed by atoms with Gasteiger partial charge in [0, 0.05) is 33.2 Å². The Bertz CT molecular complexity index is 578. The normalized spacial score (nSPS) is 30.1. The standard InChI is InChI=1S/C18H32N6O2.HI/c1-4-23-8-5-13(12-23)11-20-16(19-3)24-9-6-14(7-10-24)18(2)15(25)21-17(26)22-18;/h13-14H,4-12H2,1-3H3,(H,19,20)(H2,21,22,25,26);1H.